The van der Waals surface area contributed by atoms with Crippen molar-refractivity contribution in [1.29, 1.82) is 0 Å². The fourth-order valence-electron chi connectivity index (χ4n) is 1.72. The van der Waals surface area contributed by atoms with E-state index in [4.69, 9.17) is 4.74 Å². The van der Waals surface area contributed by atoms with Crippen molar-refractivity contribution < 1.29 is 9.53 Å². The number of nitrogens with one attached hydrogen (secondary N) is 2. The first-order chi connectivity index (χ1) is 7.89. The first kappa shape index (κ1) is 16.2. The Labute approximate surface area is 105 Å². The second-order valence-electron chi connectivity index (χ2n) is 5.48. The van der Waals surface area contributed by atoms with Gasteiger partial charge in [-0.05, 0) is 47.7 Å². The van der Waals surface area contributed by atoms with Gasteiger partial charge >= 0.3 is 6.09 Å². The molecule has 0 saturated heterocycles. The van der Waals surface area contributed by atoms with Crippen molar-refractivity contribution in [3.8, 4) is 0 Å². The van der Waals surface area contributed by atoms with Gasteiger partial charge in [-0.25, -0.2) is 4.79 Å². The second kappa shape index (κ2) is 8.34. The number of carbonyl (C=O) groups excluding carboxylic acids is 1. The van der Waals surface area contributed by atoms with Gasteiger partial charge in [-0.2, -0.15) is 0 Å². The maximum Gasteiger partial charge on any atom is 0.407 e. The van der Waals surface area contributed by atoms with Gasteiger partial charge in [0.15, 0.2) is 0 Å². The van der Waals surface area contributed by atoms with E-state index in [0.29, 0.717) is 6.04 Å². The Hall–Kier alpha value is -0.770. The SMILES string of the molecule is CC(C)(C)OC(=O)NC1CCCCC1.CNC. The van der Waals surface area contributed by atoms with Gasteiger partial charge in [-0.3, -0.25) is 0 Å². The predicted molar refractivity (Wildman–Crippen MR) is 71.2 cm³/mol. The van der Waals surface area contributed by atoms with Gasteiger partial charge in [0.2, 0.25) is 0 Å². The minimum atomic E-state index is -0.390. The smallest absolute Gasteiger partial charge is 0.407 e. The molecule has 102 valence electrons. The molecule has 0 bridgehead atoms. The van der Waals surface area contributed by atoms with Gasteiger partial charge in [0.05, 0.1) is 0 Å². The minimum Gasteiger partial charge on any atom is -0.444 e. The summed E-state index contributed by atoms with van der Waals surface area (Å²) in [6.07, 6.45) is 5.66. The molecule has 17 heavy (non-hydrogen) atoms. The van der Waals surface area contributed by atoms with Gasteiger partial charge in [-0.1, -0.05) is 19.3 Å². The Morgan fingerprint density at radius 1 is 1.12 bits per heavy atom. The third-order valence-corrected chi connectivity index (χ3v) is 2.33. The molecule has 1 amide bonds. The fourth-order valence-corrected chi connectivity index (χ4v) is 1.72. The maximum atomic E-state index is 11.4. The summed E-state index contributed by atoms with van der Waals surface area (Å²) in [6.45, 7) is 5.65. The first-order valence-corrected chi connectivity index (χ1v) is 6.47. The van der Waals surface area contributed by atoms with E-state index < -0.39 is 5.60 Å². The summed E-state index contributed by atoms with van der Waals surface area (Å²) in [5, 5.41) is 5.66. The molecule has 2 N–H and O–H groups in total. The van der Waals surface area contributed by atoms with Crippen molar-refractivity contribution in [2.45, 2.75) is 64.5 Å². The van der Waals surface area contributed by atoms with Crippen molar-refractivity contribution in [1.82, 2.24) is 10.6 Å². The molecule has 0 unspecified atom stereocenters. The number of carbonyl (C=O) groups is 1. The lowest BCUT2D eigenvalue weighted by Gasteiger charge is -2.25. The summed E-state index contributed by atoms with van der Waals surface area (Å²) < 4.78 is 5.19. The minimum absolute atomic E-state index is 0.274. The zero-order valence-electron chi connectivity index (χ0n) is 11.9. The summed E-state index contributed by atoms with van der Waals surface area (Å²) in [7, 11) is 3.75. The van der Waals surface area contributed by atoms with Crippen LogP contribution in [-0.2, 0) is 4.74 Å². The topological polar surface area (TPSA) is 50.4 Å². The van der Waals surface area contributed by atoms with Crippen molar-refractivity contribution in [3.63, 3.8) is 0 Å². The maximum absolute atomic E-state index is 11.4. The van der Waals surface area contributed by atoms with Crippen LogP contribution in [0.5, 0.6) is 0 Å². The van der Waals surface area contributed by atoms with Crippen LogP contribution >= 0.6 is 0 Å². The summed E-state index contributed by atoms with van der Waals surface area (Å²) >= 11 is 0. The summed E-state index contributed by atoms with van der Waals surface area (Å²) in [4.78, 5) is 11.4. The van der Waals surface area contributed by atoms with Crippen molar-refractivity contribution in [2.24, 2.45) is 0 Å². The Kier molecular flexibility index (Phi) is 7.96. The molecule has 0 aliphatic heterocycles. The van der Waals surface area contributed by atoms with Gasteiger partial charge < -0.3 is 15.4 Å². The number of amides is 1. The molecule has 1 aliphatic carbocycles. The molecule has 0 radical (unpaired) electrons. The average molecular weight is 244 g/mol. The fraction of sp³-hybridized carbons (Fsp3) is 0.923. The van der Waals surface area contributed by atoms with Crippen LogP contribution in [0.1, 0.15) is 52.9 Å². The molecule has 1 fully saturated rings. The largest absolute Gasteiger partial charge is 0.444 e. The van der Waals surface area contributed by atoms with Crippen LogP contribution in [-0.4, -0.2) is 31.8 Å². The van der Waals surface area contributed by atoms with E-state index in [1.807, 2.05) is 34.9 Å². The van der Waals surface area contributed by atoms with E-state index in [0.717, 1.165) is 12.8 Å². The number of hydrogen-bond acceptors (Lipinski definition) is 3. The van der Waals surface area contributed by atoms with E-state index in [2.05, 4.69) is 10.6 Å². The van der Waals surface area contributed by atoms with Gasteiger partial charge in [0.1, 0.15) is 5.60 Å². The molecule has 0 spiro atoms. The summed E-state index contributed by atoms with van der Waals surface area (Å²) in [5.74, 6) is 0. The molecule has 0 heterocycles. The highest BCUT2D eigenvalue weighted by Crippen LogP contribution is 2.18. The third-order valence-electron chi connectivity index (χ3n) is 2.33. The van der Waals surface area contributed by atoms with Crippen LogP contribution in [0.25, 0.3) is 0 Å². The lowest BCUT2D eigenvalue weighted by atomic mass is 9.96. The Morgan fingerprint density at radius 3 is 2.00 bits per heavy atom. The standard InChI is InChI=1S/C11H21NO2.C2H7N/c1-11(2,3)14-10(13)12-9-7-5-4-6-8-9;1-3-2/h9H,4-8H2,1-3H3,(H,12,13);3H,1-2H3. The molecule has 0 atom stereocenters. The predicted octanol–water partition coefficient (Wildman–Crippen LogP) is 2.68. The van der Waals surface area contributed by atoms with Crippen LogP contribution in [0.4, 0.5) is 4.79 Å². The van der Waals surface area contributed by atoms with Crippen LogP contribution in [0.15, 0.2) is 0 Å². The monoisotopic (exact) mass is 244 g/mol. The van der Waals surface area contributed by atoms with Crippen LogP contribution in [0, 0.1) is 0 Å². The highest BCUT2D eigenvalue weighted by Gasteiger charge is 2.20. The van der Waals surface area contributed by atoms with Crippen LogP contribution < -0.4 is 10.6 Å². The van der Waals surface area contributed by atoms with E-state index >= 15 is 0 Å². The molecule has 0 aromatic carbocycles. The molecule has 1 aliphatic rings. The zero-order valence-corrected chi connectivity index (χ0v) is 11.9. The van der Waals surface area contributed by atoms with Crippen LogP contribution in [0.3, 0.4) is 0 Å². The third kappa shape index (κ3) is 10.1. The molecular weight excluding hydrogens is 216 g/mol. The second-order valence-corrected chi connectivity index (χ2v) is 5.48. The van der Waals surface area contributed by atoms with E-state index in [1.54, 1.807) is 0 Å². The lowest BCUT2D eigenvalue weighted by Crippen LogP contribution is -2.39. The number of rotatable bonds is 1. The highest BCUT2D eigenvalue weighted by molar-refractivity contribution is 5.68. The summed E-state index contributed by atoms with van der Waals surface area (Å²) in [5.41, 5.74) is -0.390. The van der Waals surface area contributed by atoms with Crippen molar-refractivity contribution in [2.75, 3.05) is 14.1 Å². The molecule has 0 aromatic heterocycles. The lowest BCUT2D eigenvalue weighted by molar-refractivity contribution is 0.0493. The molecular formula is C13H28N2O2. The normalized spacial score (nSPS) is 16.8. The van der Waals surface area contributed by atoms with Gasteiger partial charge in [0.25, 0.3) is 0 Å². The Morgan fingerprint density at radius 2 is 1.59 bits per heavy atom. The van der Waals surface area contributed by atoms with Crippen molar-refractivity contribution in [3.05, 3.63) is 0 Å². The quantitative estimate of drug-likeness (QED) is 0.745. The Bertz CT molecular complexity index is 206. The van der Waals surface area contributed by atoms with Gasteiger partial charge in [0, 0.05) is 6.04 Å². The van der Waals surface area contributed by atoms with E-state index in [1.165, 1.54) is 19.3 Å². The average Bonchev–Trinajstić information content (AvgIpc) is 2.17. The van der Waals surface area contributed by atoms with Crippen LogP contribution in [0.2, 0.25) is 0 Å². The van der Waals surface area contributed by atoms with Crippen molar-refractivity contribution >= 4 is 6.09 Å². The molecule has 1 rings (SSSR count). The highest BCUT2D eigenvalue weighted by atomic mass is 16.6. The first-order valence-electron chi connectivity index (χ1n) is 6.47. The number of ether oxygens (including phenoxy) is 1. The molecule has 1 saturated carbocycles. The van der Waals surface area contributed by atoms with E-state index in [-0.39, 0.29) is 6.09 Å². The molecule has 4 heteroatoms. The Balaban J connectivity index is 0.000000770. The molecule has 0 aromatic rings. The summed E-state index contributed by atoms with van der Waals surface area (Å²) in [6, 6.07) is 0.332. The zero-order chi connectivity index (χ0) is 13.3. The number of hydrogen-bond donors (Lipinski definition) is 2. The van der Waals surface area contributed by atoms with Gasteiger partial charge in [-0.15, -0.1) is 0 Å². The number of alkyl carbamates (subject to hydrolysis) is 1. The molecule has 4 nitrogen and oxygen atoms in total. The van der Waals surface area contributed by atoms with E-state index in [9.17, 15) is 4.79 Å².